The highest BCUT2D eigenvalue weighted by atomic mass is 127. The van der Waals surface area contributed by atoms with Crippen LogP contribution in [0.1, 0.15) is 25.0 Å². The summed E-state index contributed by atoms with van der Waals surface area (Å²) < 4.78 is 47.0. The Labute approximate surface area is 168 Å². The minimum absolute atomic E-state index is 0. The number of nitrogens with zero attached hydrogens (tertiary/aromatic N) is 1. The topological polar surface area (TPSA) is 75.1 Å². The van der Waals surface area contributed by atoms with Crippen molar-refractivity contribution in [1.82, 2.24) is 10.6 Å². The van der Waals surface area contributed by atoms with Gasteiger partial charge in [0, 0.05) is 18.7 Å². The number of aliphatic imine (C=N–C) groups is 1. The summed E-state index contributed by atoms with van der Waals surface area (Å²) in [5.41, 5.74) is 0.483. The molecule has 10 heteroatoms. The summed E-state index contributed by atoms with van der Waals surface area (Å²) in [7, 11) is 2.98. The lowest BCUT2D eigenvalue weighted by molar-refractivity contribution is -0.132. The lowest BCUT2D eigenvalue weighted by Gasteiger charge is -2.16. The predicted molar refractivity (Wildman–Crippen MR) is 105 cm³/mol. The Hall–Kier alpha value is -1.43. The first kappa shape index (κ1) is 24.6. The molecule has 0 heterocycles. The number of benzene rings is 1. The van der Waals surface area contributed by atoms with Crippen LogP contribution in [-0.4, -0.2) is 51.1 Å². The van der Waals surface area contributed by atoms with Gasteiger partial charge in [-0.05, 0) is 25.1 Å². The molecule has 1 rings (SSSR count). The van der Waals surface area contributed by atoms with E-state index in [4.69, 9.17) is 9.47 Å². The summed E-state index contributed by atoms with van der Waals surface area (Å²) in [5, 5.41) is 15.8. The maximum atomic E-state index is 12.2. The first-order valence-electron chi connectivity index (χ1n) is 7.79. The molecule has 0 aromatic heterocycles. The lowest BCUT2D eigenvalue weighted by atomic mass is 10.1. The first-order valence-corrected chi connectivity index (χ1v) is 7.79. The highest BCUT2D eigenvalue weighted by molar-refractivity contribution is 14.0. The SMILES string of the molecule is CCNC(=NCC(O)c1cc(OC)ccc1OC)NCCC(F)(F)F.I. The van der Waals surface area contributed by atoms with E-state index in [2.05, 4.69) is 15.6 Å². The molecule has 6 nitrogen and oxygen atoms in total. The summed E-state index contributed by atoms with van der Waals surface area (Å²) in [5.74, 6) is 1.22. The van der Waals surface area contributed by atoms with Crippen molar-refractivity contribution in [3.63, 3.8) is 0 Å². The van der Waals surface area contributed by atoms with E-state index in [-0.39, 0.29) is 43.0 Å². The molecule has 1 aromatic rings. The molecule has 0 aliphatic heterocycles. The molecule has 1 atom stereocenters. The van der Waals surface area contributed by atoms with E-state index < -0.39 is 18.7 Å². The third-order valence-electron chi connectivity index (χ3n) is 3.26. The van der Waals surface area contributed by atoms with Crippen LogP contribution in [0.4, 0.5) is 13.2 Å². The monoisotopic (exact) mass is 491 g/mol. The number of rotatable bonds is 8. The van der Waals surface area contributed by atoms with Gasteiger partial charge in [-0.15, -0.1) is 24.0 Å². The van der Waals surface area contributed by atoms with E-state index in [0.29, 0.717) is 23.6 Å². The third kappa shape index (κ3) is 8.79. The van der Waals surface area contributed by atoms with Crippen molar-refractivity contribution >= 4 is 29.9 Å². The van der Waals surface area contributed by atoms with Gasteiger partial charge in [0.15, 0.2) is 5.96 Å². The smallest absolute Gasteiger partial charge is 0.390 e. The molecule has 0 bridgehead atoms. The third-order valence-corrected chi connectivity index (χ3v) is 3.26. The highest BCUT2D eigenvalue weighted by Crippen LogP contribution is 2.29. The number of aliphatic hydroxyl groups excluding tert-OH is 1. The number of aliphatic hydroxyl groups is 1. The summed E-state index contributed by atoms with van der Waals surface area (Å²) in [6, 6.07) is 4.98. The zero-order valence-electron chi connectivity index (χ0n) is 14.9. The molecular formula is C16H25F3IN3O3. The van der Waals surface area contributed by atoms with Crippen LogP contribution < -0.4 is 20.1 Å². The van der Waals surface area contributed by atoms with E-state index >= 15 is 0 Å². The van der Waals surface area contributed by atoms with Crippen LogP contribution in [0.25, 0.3) is 0 Å². The van der Waals surface area contributed by atoms with E-state index in [1.807, 2.05) is 0 Å². The van der Waals surface area contributed by atoms with Gasteiger partial charge in [-0.2, -0.15) is 13.2 Å². The van der Waals surface area contributed by atoms with Gasteiger partial charge in [-0.3, -0.25) is 4.99 Å². The number of nitrogens with one attached hydrogen (secondary N) is 2. The van der Waals surface area contributed by atoms with Crippen molar-refractivity contribution in [1.29, 1.82) is 0 Å². The van der Waals surface area contributed by atoms with Crippen molar-refractivity contribution in [3.8, 4) is 11.5 Å². The maximum absolute atomic E-state index is 12.2. The summed E-state index contributed by atoms with van der Waals surface area (Å²) >= 11 is 0. The van der Waals surface area contributed by atoms with Crippen molar-refractivity contribution in [2.24, 2.45) is 4.99 Å². The fraction of sp³-hybridized carbons (Fsp3) is 0.562. The Balaban J connectivity index is 0.00000625. The minimum Gasteiger partial charge on any atom is -0.497 e. The number of alkyl halides is 3. The summed E-state index contributed by atoms with van der Waals surface area (Å²) in [6.45, 7) is 1.93. The standard InChI is InChI=1S/C16H24F3N3O3.HI/c1-4-20-15(21-8-7-16(17,18)19)22-10-13(23)12-9-11(24-2)5-6-14(12)25-3;/h5-6,9,13,23H,4,7-8,10H2,1-3H3,(H2,20,21,22);1H. The van der Waals surface area contributed by atoms with Gasteiger partial charge in [0.05, 0.1) is 27.2 Å². The molecular weight excluding hydrogens is 466 g/mol. The largest absolute Gasteiger partial charge is 0.497 e. The Morgan fingerprint density at radius 3 is 2.46 bits per heavy atom. The molecule has 3 N–H and O–H groups in total. The van der Waals surface area contributed by atoms with E-state index in [0.717, 1.165) is 0 Å². The molecule has 0 saturated heterocycles. The average Bonchev–Trinajstić information content (AvgIpc) is 2.57. The van der Waals surface area contributed by atoms with Crippen LogP contribution in [0.5, 0.6) is 11.5 Å². The second-order valence-corrected chi connectivity index (χ2v) is 5.14. The molecule has 26 heavy (non-hydrogen) atoms. The highest BCUT2D eigenvalue weighted by Gasteiger charge is 2.26. The molecule has 0 amide bonds. The number of halogens is 4. The number of methoxy groups -OCH3 is 2. The van der Waals surface area contributed by atoms with Crippen LogP contribution in [0.2, 0.25) is 0 Å². The number of ether oxygens (including phenoxy) is 2. The van der Waals surface area contributed by atoms with Crippen molar-refractivity contribution in [2.75, 3.05) is 33.9 Å². The van der Waals surface area contributed by atoms with Crippen LogP contribution in [0.15, 0.2) is 23.2 Å². The zero-order valence-corrected chi connectivity index (χ0v) is 17.2. The molecule has 1 aromatic carbocycles. The second kappa shape index (κ2) is 12.0. The second-order valence-electron chi connectivity index (χ2n) is 5.14. The number of hydrogen-bond donors (Lipinski definition) is 3. The molecule has 150 valence electrons. The Morgan fingerprint density at radius 1 is 1.23 bits per heavy atom. The minimum atomic E-state index is -4.24. The molecule has 0 spiro atoms. The van der Waals surface area contributed by atoms with Crippen molar-refractivity contribution in [2.45, 2.75) is 25.6 Å². The molecule has 0 aliphatic rings. The Morgan fingerprint density at radius 2 is 1.92 bits per heavy atom. The lowest BCUT2D eigenvalue weighted by Crippen LogP contribution is -2.39. The van der Waals surface area contributed by atoms with Crippen LogP contribution in [-0.2, 0) is 0 Å². The van der Waals surface area contributed by atoms with Crippen LogP contribution >= 0.6 is 24.0 Å². The molecule has 1 unspecified atom stereocenters. The van der Waals surface area contributed by atoms with E-state index in [9.17, 15) is 18.3 Å². The fourth-order valence-corrected chi connectivity index (χ4v) is 2.04. The first-order chi connectivity index (χ1) is 11.8. The quantitative estimate of drug-likeness (QED) is 0.297. The van der Waals surface area contributed by atoms with Gasteiger partial charge in [0.1, 0.15) is 17.6 Å². The van der Waals surface area contributed by atoms with Crippen LogP contribution in [0, 0.1) is 0 Å². The van der Waals surface area contributed by atoms with Crippen LogP contribution in [0.3, 0.4) is 0 Å². The van der Waals surface area contributed by atoms with Crippen molar-refractivity contribution < 1.29 is 27.8 Å². The fourth-order valence-electron chi connectivity index (χ4n) is 2.04. The van der Waals surface area contributed by atoms with Gasteiger partial charge in [-0.25, -0.2) is 0 Å². The van der Waals surface area contributed by atoms with Gasteiger partial charge in [0.25, 0.3) is 0 Å². The average molecular weight is 491 g/mol. The van der Waals surface area contributed by atoms with Gasteiger partial charge in [0.2, 0.25) is 0 Å². The van der Waals surface area contributed by atoms with Crippen molar-refractivity contribution in [3.05, 3.63) is 23.8 Å². The van der Waals surface area contributed by atoms with Gasteiger partial charge in [-0.1, -0.05) is 0 Å². The molecule has 0 fully saturated rings. The number of guanidine groups is 1. The zero-order chi connectivity index (χ0) is 18.9. The normalized spacial score (nSPS) is 12.8. The maximum Gasteiger partial charge on any atom is 0.390 e. The van der Waals surface area contributed by atoms with Gasteiger partial charge < -0.3 is 25.2 Å². The predicted octanol–water partition coefficient (Wildman–Crippen LogP) is 2.86. The summed E-state index contributed by atoms with van der Waals surface area (Å²) in [6.07, 6.45) is -6.20. The molecule has 0 aliphatic carbocycles. The van der Waals surface area contributed by atoms with E-state index in [1.54, 1.807) is 25.1 Å². The van der Waals surface area contributed by atoms with E-state index in [1.165, 1.54) is 14.2 Å². The summed E-state index contributed by atoms with van der Waals surface area (Å²) in [4.78, 5) is 4.12. The molecule has 0 radical (unpaired) electrons. The van der Waals surface area contributed by atoms with Gasteiger partial charge >= 0.3 is 6.18 Å². The number of hydrogen-bond acceptors (Lipinski definition) is 4. The Kier molecular flexibility index (Phi) is 11.4. The Bertz CT molecular complexity index is 571. The molecule has 0 saturated carbocycles.